The van der Waals surface area contributed by atoms with Crippen molar-refractivity contribution >= 4 is 27.3 Å². The van der Waals surface area contributed by atoms with E-state index in [9.17, 15) is 4.39 Å². The number of hydrogen-bond donors (Lipinski definition) is 2. The van der Waals surface area contributed by atoms with Crippen LogP contribution in [0.15, 0.2) is 33.9 Å². The number of rotatable bonds is 2. The van der Waals surface area contributed by atoms with E-state index in [4.69, 9.17) is 11.5 Å². The Bertz CT molecular complexity index is 406. The SMILES string of the molecule is CN=C(C(Br)=CN)c1cc(N)cc(F)c1. The van der Waals surface area contributed by atoms with Gasteiger partial charge in [-0.25, -0.2) is 4.39 Å². The summed E-state index contributed by atoms with van der Waals surface area (Å²) in [5.74, 6) is -0.400. The maximum absolute atomic E-state index is 13.1. The molecule has 0 amide bonds. The van der Waals surface area contributed by atoms with Crippen LogP contribution in [0.3, 0.4) is 0 Å². The molecule has 0 saturated carbocycles. The molecular weight excluding hydrogens is 261 g/mol. The minimum Gasteiger partial charge on any atom is -0.404 e. The van der Waals surface area contributed by atoms with Gasteiger partial charge in [-0.1, -0.05) is 0 Å². The van der Waals surface area contributed by atoms with E-state index in [2.05, 4.69) is 20.9 Å². The molecule has 1 aromatic rings. The van der Waals surface area contributed by atoms with Gasteiger partial charge in [-0.2, -0.15) is 0 Å². The first-order valence-corrected chi connectivity index (χ1v) is 4.98. The van der Waals surface area contributed by atoms with Crippen molar-refractivity contribution in [3.8, 4) is 0 Å². The predicted octanol–water partition coefficient (Wildman–Crippen LogP) is 2.02. The van der Waals surface area contributed by atoms with Crippen LogP contribution < -0.4 is 11.5 Å². The lowest BCUT2D eigenvalue weighted by Crippen LogP contribution is -2.04. The fourth-order valence-electron chi connectivity index (χ4n) is 1.20. The lowest BCUT2D eigenvalue weighted by molar-refractivity contribution is 0.628. The van der Waals surface area contributed by atoms with Crippen LogP contribution in [0.4, 0.5) is 10.1 Å². The molecule has 15 heavy (non-hydrogen) atoms. The zero-order valence-electron chi connectivity index (χ0n) is 8.17. The molecule has 0 saturated heterocycles. The highest BCUT2D eigenvalue weighted by atomic mass is 79.9. The van der Waals surface area contributed by atoms with Crippen LogP contribution in [0.1, 0.15) is 5.56 Å². The monoisotopic (exact) mass is 271 g/mol. The number of anilines is 1. The number of allylic oxidation sites excluding steroid dienone is 1. The van der Waals surface area contributed by atoms with Crippen LogP contribution in [0.2, 0.25) is 0 Å². The molecule has 0 aliphatic carbocycles. The average molecular weight is 272 g/mol. The lowest BCUT2D eigenvalue weighted by atomic mass is 10.1. The normalized spacial score (nSPS) is 13.0. The number of hydrogen-bond acceptors (Lipinski definition) is 3. The number of nitrogen functional groups attached to an aromatic ring is 1. The zero-order chi connectivity index (χ0) is 11.4. The van der Waals surface area contributed by atoms with Crippen LogP contribution in [0.5, 0.6) is 0 Å². The van der Waals surface area contributed by atoms with Gasteiger partial charge in [0.25, 0.3) is 0 Å². The predicted molar refractivity (Wildman–Crippen MR) is 64.5 cm³/mol. The average Bonchev–Trinajstić information content (AvgIpc) is 2.17. The zero-order valence-corrected chi connectivity index (χ0v) is 9.75. The first-order valence-electron chi connectivity index (χ1n) is 4.19. The van der Waals surface area contributed by atoms with Gasteiger partial charge in [-0.3, -0.25) is 4.99 Å². The number of nitrogens with zero attached hydrogens (tertiary/aromatic N) is 1. The molecule has 0 heterocycles. The fraction of sp³-hybridized carbons (Fsp3) is 0.100. The molecule has 3 nitrogen and oxygen atoms in total. The number of halogens is 2. The first-order chi connectivity index (χ1) is 7.08. The van der Waals surface area contributed by atoms with E-state index in [-0.39, 0.29) is 0 Å². The standard InChI is InChI=1S/C10H11BrFN3/c1-15-10(9(11)5-13)6-2-7(12)4-8(14)3-6/h2-5H,13-14H2,1H3. The van der Waals surface area contributed by atoms with Gasteiger partial charge in [0.15, 0.2) is 0 Å². The molecule has 0 bridgehead atoms. The quantitative estimate of drug-likeness (QED) is 0.639. The summed E-state index contributed by atoms with van der Waals surface area (Å²) in [6, 6.07) is 4.23. The minimum absolute atomic E-state index is 0.350. The maximum atomic E-state index is 13.1. The summed E-state index contributed by atoms with van der Waals surface area (Å²) in [6.07, 6.45) is 1.35. The third-order valence-electron chi connectivity index (χ3n) is 1.79. The van der Waals surface area contributed by atoms with Crippen molar-refractivity contribution in [3.05, 3.63) is 40.3 Å². The third kappa shape index (κ3) is 2.79. The molecule has 0 spiro atoms. The Hall–Kier alpha value is -1.36. The first kappa shape index (κ1) is 11.7. The van der Waals surface area contributed by atoms with Gasteiger partial charge in [0.2, 0.25) is 0 Å². The largest absolute Gasteiger partial charge is 0.404 e. The molecule has 0 aliphatic rings. The van der Waals surface area contributed by atoms with E-state index in [1.54, 1.807) is 13.1 Å². The summed E-state index contributed by atoms with van der Waals surface area (Å²) in [4.78, 5) is 4.01. The van der Waals surface area contributed by atoms with E-state index in [1.807, 2.05) is 0 Å². The Labute approximate surface area is 95.8 Å². The molecule has 5 heteroatoms. The van der Waals surface area contributed by atoms with Crippen molar-refractivity contribution in [3.63, 3.8) is 0 Å². The molecule has 0 fully saturated rings. The van der Waals surface area contributed by atoms with Crippen molar-refractivity contribution < 1.29 is 4.39 Å². The summed E-state index contributed by atoms with van der Waals surface area (Å²) in [7, 11) is 1.60. The van der Waals surface area contributed by atoms with E-state index in [0.29, 0.717) is 21.4 Å². The van der Waals surface area contributed by atoms with Crippen LogP contribution in [0.25, 0.3) is 0 Å². The fourth-order valence-corrected chi connectivity index (χ4v) is 1.61. The molecule has 1 aromatic carbocycles. The van der Waals surface area contributed by atoms with Crippen LogP contribution in [-0.4, -0.2) is 12.8 Å². The van der Waals surface area contributed by atoms with Gasteiger partial charge in [0, 0.05) is 24.5 Å². The van der Waals surface area contributed by atoms with Crippen molar-refractivity contribution in [1.29, 1.82) is 0 Å². The smallest absolute Gasteiger partial charge is 0.125 e. The molecule has 80 valence electrons. The van der Waals surface area contributed by atoms with E-state index >= 15 is 0 Å². The van der Waals surface area contributed by atoms with Gasteiger partial charge in [0.1, 0.15) is 5.82 Å². The second-order valence-electron chi connectivity index (χ2n) is 2.86. The molecule has 1 rings (SSSR count). The summed E-state index contributed by atoms with van der Waals surface area (Å²) >= 11 is 3.23. The van der Waals surface area contributed by atoms with Crippen molar-refractivity contribution in [2.75, 3.05) is 12.8 Å². The highest BCUT2D eigenvalue weighted by Gasteiger charge is 2.08. The topological polar surface area (TPSA) is 64.4 Å². The number of nitrogens with two attached hydrogens (primary N) is 2. The molecule has 4 N–H and O–H groups in total. The van der Waals surface area contributed by atoms with Gasteiger partial charge in [-0.05, 0) is 34.1 Å². The van der Waals surface area contributed by atoms with E-state index in [0.717, 1.165) is 0 Å². The second-order valence-corrected chi connectivity index (χ2v) is 3.71. The molecule has 0 aromatic heterocycles. The summed E-state index contributed by atoms with van der Waals surface area (Å²) in [5, 5.41) is 0. The Morgan fingerprint density at radius 1 is 1.47 bits per heavy atom. The van der Waals surface area contributed by atoms with Crippen LogP contribution in [0, 0.1) is 5.82 Å². The minimum atomic E-state index is -0.400. The molecule has 0 aliphatic heterocycles. The number of aliphatic imine (C=N–C) groups is 1. The van der Waals surface area contributed by atoms with Gasteiger partial charge in [-0.15, -0.1) is 0 Å². The molecule has 0 atom stereocenters. The Balaban J connectivity index is 3.25. The van der Waals surface area contributed by atoms with E-state index in [1.165, 1.54) is 18.3 Å². The highest BCUT2D eigenvalue weighted by molar-refractivity contribution is 9.12. The second kappa shape index (κ2) is 4.93. The van der Waals surface area contributed by atoms with Gasteiger partial charge in [0.05, 0.1) is 10.2 Å². The third-order valence-corrected chi connectivity index (χ3v) is 2.43. The summed E-state index contributed by atoms with van der Waals surface area (Å²) in [5.41, 5.74) is 12.4. The van der Waals surface area contributed by atoms with Crippen molar-refractivity contribution in [2.24, 2.45) is 10.7 Å². The Kier molecular flexibility index (Phi) is 3.85. The Morgan fingerprint density at radius 3 is 2.60 bits per heavy atom. The van der Waals surface area contributed by atoms with Crippen LogP contribution in [-0.2, 0) is 0 Å². The molecule has 0 radical (unpaired) electrons. The van der Waals surface area contributed by atoms with E-state index < -0.39 is 5.82 Å². The maximum Gasteiger partial charge on any atom is 0.125 e. The number of benzene rings is 1. The Morgan fingerprint density at radius 2 is 2.13 bits per heavy atom. The van der Waals surface area contributed by atoms with Gasteiger partial charge >= 0.3 is 0 Å². The molecular formula is C10H11BrFN3. The lowest BCUT2D eigenvalue weighted by Gasteiger charge is -2.05. The summed E-state index contributed by atoms with van der Waals surface area (Å²) in [6.45, 7) is 0. The molecule has 0 unspecified atom stereocenters. The van der Waals surface area contributed by atoms with Gasteiger partial charge < -0.3 is 11.5 Å². The van der Waals surface area contributed by atoms with Crippen molar-refractivity contribution in [1.82, 2.24) is 0 Å². The summed E-state index contributed by atoms with van der Waals surface area (Å²) < 4.78 is 13.7. The van der Waals surface area contributed by atoms with Crippen molar-refractivity contribution in [2.45, 2.75) is 0 Å². The van der Waals surface area contributed by atoms with Crippen LogP contribution >= 0.6 is 15.9 Å². The highest BCUT2D eigenvalue weighted by Crippen LogP contribution is 2.18.